The molecular weight excluding hydrogens is 484 g/mol. The fourth-order valence-electron chi connectivity index (χ4n) is 3.77. The van der Waals surface area contributed by atoms with E-state index in [4.69, 9.17) is 5.11 Å². The summed E-state index contributed by atoms with van der Waals surface area (Å²) in [6.45, 7) is 2.28. The number of aryl methyl sites for hydroxylation is 1. The van der Waals surface area contributed by atoms with E-state index in [2.05, 4.69) is 40.4 Å². The number of thioether (sulfide) groups is 1. The largest absolute Gasteiger partial charge is 0.477 e. The van der Waals surface area contributed by atoms with Crippen LogP contribution in [-0.2, 0) is 12.8 Å². The van der Waals surface area contributed by atoms with E-state index < -0.39 is 5.97 Å². The molecule has 5 nitrogen and oxygen atoms in total. The Hall–Kier alpha value is -2.57. The van der Waals surface area contributed by atoms with Gasteiger partial charge in [0.1, 0.15) is 4.88 Å². The first-order chi connectivity index (χ1) is 16.6. The number of unbranched alkanes of at least 4 members (excludes halogenated alkanes) is 1. The third-order valence-corrected chi connectivity index (χ3v) is 8.16. The average Bonchev–Trinajstić information content (AvgIpc) is 3.53. The van der Waals surface area contributed by atoms with Crippen molar-refractivity contribution >= 4 is 45.6 Å². The standard InChI is InChI=1S/C26H26N2O3S3/c29-25(30)24-10-9-23(34-24)11-14-28-26(31)33-17-15-27(28)13-2-1-4-20-5-3-6-21(18-20)7-8-22-12-16-32-19-22/h3,5-6,9-10,12,16,18-19H,1-2,4,11,13-15,17H2,(H,29,30). The first-order valence-electron chi connectivity index (χ1n) is 11.2. The first kappa shape index (κ1) is 24.6. The number of benzene rings is 1. The molecule has 0 spiro atoms. The normalized spacial score (nSPS) is 14.1. The van der Waals surface area contributed by atoms with Gasteiger partial charge in [-0.3, -0.25) is 9.80 Å². The molecule has 4 rings (SSSR count). The van der Waals surface area contributed by atoms with Crippen molar-refractivity contribution in [1.29, 1.82) is 0 Å². The number of nitrogens with zero attached hydrogens (tertiary/aromatic N) is 2. The van der Waals surface area contributed by atoms with Crippen LogP contribution in [0.1, 0.15) is 44.1 Å². The lowest BCUT2D eigenvalue weighted by Crippen LogP contribution is -2.50. The maximum Gasteiger partial charge on any atom is 0.345 e. The van der Waals surface area contributed by atoms with Crippen LogP contribution in [0, 0.1) is 11.8 Å². The molecule has 1 amide bonds. The zero-order valence-corrected chi connectivity index (χ0v) is 21.2. The van der Waals surface area contributed by atoms with Crippen molar-refractivity contribution in [3.05, 3.63) is 79.7 Å². The van der Waals surface area contributed by atoms with Crippen molar-refractivity contribution in [3.63, 3.8) is 0 Å². The molecule has 0 aliphatic carbocycles. The number of carboxylic acid groups (broad SMARTS) is 1. The summed E-state index contributed by atoms with van der Waals surface area (Å²) in [7, 11) is 0. The van der Waals surface area contributed by atoms with Crippen molar-refractivity contribution < 1.29 is 14.7 Å². The second kappa shape index (κ2) is 12.2. The number of amides is 1. The van der Waals surface area contributed by atoms with Crippen LogP contribution in [0.25, 0.3) is 0 Å². The minimum absolute atomic E-state index is 0.0816. The van der Waals surface area contributed by atoms with Gasteiger partial charge >= 0.3 is 5.97 Å². The van der Waals surface area contributed by atoms with Crippen LogP contribution in [0.5, 0.6) is 0 Å². The van der Waals surface area contributed by atoms with Gasteiger partial charge in [-0.1, -0.05) is 35.7 Å². The smallest absolute Gasteiger partial charge is 0.345 e. The van der Waals surface area contributed by atoms with Crippen molar-refractivity contribution in [2.75, 3.05) is 25.4 Å². The predicted molar refractivity (Wildman–Crippen MR) is 141 cm³/mol. The lowest BCUT2D eigenvalue weighted by atomic mass is 10.1. The molecule has 3 aromatic rings. The minimum atomic E-state index is -0.900. The summed E-state index contributed by atoms with van der Waals surface area (Å²) in [6.07, 6.45) is 3.69. The van der Waals surface area contributed by atoms with Crippen LogP contribution in [0.4, 0.5) is 4.79 Å². The van der Waals surface area contributed by atoms with E-state index in [9.17, 15) is 9.59 Å². The number of carbonyl (C=O) groups excluding carboxylic acids is 1. The number of thiophene rings is 2. The Morgan fingerprint density at radius 2 is 1.91 bits per heavy atom. The molecule has 176 valence electrons. The lowest BCUT2D eigenvalue weighted by molar-refractivity contribution is 0.0270. The molecule has 1 aliphatic heterocycles. The van der Waals surface area contributed by atoms with Crippen molar-refractivity contribution in [2.24, 2.45) is 0 Å². The van der Waals surface area contributed by atoms with Gasteiger partial charge in [-0.25, -0.2) is 9.80 Å². The zero-order valence-electron chi connectivity index (χ0n) is 18.7. The molecule has 2 aromatic heterocycles. The molecule has 34 heavy (non-hydrogen) atoms. The van der Waals surface area contributed by atoms with E-state index in [1.54, 1.807) is 17.4 Å². The van der Waals surface area contributed by atoms with E-state index in [0.717, 1.165) is 54.1 Å². The van der Waals surface area contributed by atoms with E-state index in [0.29, 0.717) is 17.8 Å². The third kappa shape index (κ3) is 6.97. The number of rotatable bonds is 9. The number of carbonyl (C=O) groups is 2. The molecule has 0 unspecified atom stereocenters. The van der Waals surface area contributed by atoms with Crippen LogP contribution in [0.2, 0.25) is 0 Å². The number of carboxylic acids is 1. The number of hydrogen-bond acceptors (Lipinski definition) is 6. The summed E-state index contributed by atoms with van der Waals surface area (Å²) < 4.78 is 0. The highest BCUT2D eigenvalue weighted by atomic mass is 32.2. The number of hydrazine groups is 1. The molecule has 1 aliphatic rings. The Bertz CT molecular complexity index is 1180. The topological polar surface area (TPSA) is 60.9 Å². The fraction of sp³-hybridized carbons (Fsp3) is 0.308. The third-order valence-electron chi connectivity index (χ3n) is 5.50. The molecule has 8 heteroatoms. The van der Waals surface area contributed by atoms with Gasteiger partial charge in [-0.05, 0) is 60.5 Å². The lowest BCUT2D eigenvalue weighted by Gasteiger charge is -2.38. The number of aromatic carboxylic acids is 1. The molecule has 1 saturated heterocycles. The second-order valence-corrected chi connectivity index (χ2v) is 10.9. The first-order valence-corrected chi connectivity index (χ1v) is 14.0. The number of hydrogen-bond donors (Lipinski definition) is 1. The SMILES string of the molecule is O=C(O)c1ccc(CCN2C(=O)SCCN2CCCCc2cccc(C#Cc3ccsc3)c2)s1. The maximum atomic E-state index is 12.5. The van der Waals surface area contributed by atoms with Crippen molar-refractivity contribution in [2.45, 2.75) is 25.7 Å². The molecule has 0 saturated carbocycles. The van der Waals surface area contributed by atoms with E-state index in [-0.39, 0.29) is 5.24 Å². The Kier molecular flexibility index (Phi) is 8.83. The molecule has 0 bridgehead atoms. The van der Waals surface area contributed by atoms with Crippen LogP contribution in [-0.4, -0.2) is 51.7 Å². The van der Waals surface area contributed by atoms with Crippen LogP contribution < -0.4 is 0 Å². The van der Waals surface area contributed by atoms with Gasteiger partial charge in [0.05, 0.1) is 0 Å². The summed E-state index contributed by atoms with van der Waals surface area (Å²) in [5.41, 5.74) is 3.37. The average molecular weight is 511 g/mol. The highest BCUT2D eigenvalue weighted by Gasteiger charge is 2.26. The quantitative estimate of drug-likeness (QED) is 0.289. The molecule has 3 heterocycles. The predicted octanol–water partition coefficient (Wildman–Crippen LogP) is 5.86. The van der Waals surface area contributed by atoms with Gasteiger partial charge in [0, 0.05) is 53.2 Å². The van der Waals surface area contributed by atoms with Gasteiger partial charge < -0.3 is 5.11 Å². The summed E-state index contributed by atoms with van der Waals surface area (Å²) in [4.78, 5) is 25.0. The second-order valence-electron chi connectivity index (χ2n) is 7.93. The Balaban J connectivity index is 1.26. The Labute approximate surface area is 212 Å². The maximum absolute atomic E-state index is 12.5. The summed E-state index contributed by atoms with van der Waals surface area (Å²) >= 11 is 4.30. The monoisotopic (exact) mass is 510 g/mol. The highest BCUT2D eigenvalue weighted by Crippen LogP contribution is 2.22. The molecule has 1 aromatic carbocycles. The molecule has 0 radical (unpaired) electrons. The Morgan fingerprint density at radius 1 is 1.03 bits per heavy atom. The summed E-state index contributed by atoms with van der Waals surface area (Å²) in [5.74, 6) is 6.36. The van der Waals surface area contributed by atoms with Crippen LogP contribution >= 0.6 is 34.4 Å². The zero-order chi connectivity index (χ0) is 23.8. The summed E-state index contributed by atoms with van der Waals surface area (Å²) in [6, 6.07) is 13.9. The van der Waals surface area contributed by atoms with Crippen molar-refractivity contribution in [3.8, 4) is 11.8 Å². The molecular formula is C26H26N2O3S3. The van der Waals surface area contributed by atoms with Crippen LogP contribution in [0.3, 0.4) is 0 Å². The Morgan fingerprint density at radius 3 is 2.71 bits per heavy atom. The summed E-state index contributed by atoms with van der Waals surface area (Å²) in [5, 5.41) is 17.3. The van der Waals surface area contributed by atoms with E-state index >= 15 is 0 Å². The van der Waals surface area contributed by atoms with E-state index in [1.165, 1.54) is 28.7 Å². The van der Waals surface area contributed by atoms with Gasteiger partial charge in [0.25, 0.3) is 5.24 Å². The van der Waals surface area contributed by atoms with Gasteiger partial charge in [0.15, 0.2) is 0 Å². The van der Waals surface area contributed by atoms with Gasteiger partial charge in [-0.15, -0.1) is 11.3 Å². The highest BCUT2D eigenvalue weighted by molar-refractivity contribution is 8.13. The van der Waals surface area contributed by atoms with E-state index in [1.807, 2.05) is 28.6 Å². The van der Waals surface area contributed by atoms with Crippen LogP contribution in [0.15, 0.2) is 53.2 Å². The van der Waals surface area contributed by atoms with Gasteiger partial charge in [-0.2, -0.15) is 11.3 Å². The van der Waals surface area contributed by atoms with Crippen molar-refractivity contribution in [1.82, 2.24) is 10.0 Å². The molecule has 1 fully saturated rings. The minimum Gasteiger partial charge on any atom is -0.477 e. The molecule has 0 atom stereocenters. The fourth-order valence-corrected chi connectivity index (χ4v) is 6.02. The molecule has 1 N–H and O–H groups in total. The van der Waals surface area contributed by atoms with Gasteiger partial charge in [0.2, 0.25) is 0 Å².